The molecule has 0 saturated heterocycles. The first-order chi connectivity index (χ1) is 18.7. The van der Waals surface area contributed by atoms with Crippen LogP contribution in [0.3, 0.4) is 0 Å². The molecule has 6 rings (SSSR count). The summed E-state index contributed by atoms with van der Waals surface area (Å²) in [6.07, 6.45) is 7.07. The number of anilines is 1. The Labute approximate surface area is 234 Å². The van der Waals surface area contributed by atoms with Crippen molar-refractivity contribution in [2.75, 3.05) is 18.0 Å². The number of hydrogen-bond donors (Lipinski definition) is 0. The van der Waals surface area contributed by atoms with Crippen LogP contribution in [-0.4, -0.2) is 23.4 Å². The fourth-order valence-corrected chi connectivity index (χ4v) is 7.10. The van der Waals surface area contributed by atoms with E-state index in [9.17, 15) is 0 Å². The predicted molar refractivity (Wildman–Crippen MR) is 169 cm³/mol. The highest BCUT2D eigenvalue weighted by atomic mass is 15.2. The molecule has 2 heterocycles. The van der Waals surface area contributed by atoms with Crippen LogP contribution < -0.4 is 4.90 Å². The van der Waals surface area contributed by atoms with Crippen LogP contribution in [0.5, 0.6) is 0 Å². The van der Waals surface area contributed by atoms with Crippen molar-refractivity contribution in [3.8, 4) is 0 Å². The lowest BCUT2D eigenvalue weighted by Crippen LogP contribution is -2.29. The number of benzene rings is 4. The Balaban J connectivity index is 1.48. The lowest BCUT2D eigenvalue weighted by molar-refractivity contribution is -0.431. The first kappa shape index (κ1) is 25.6. The zero-order valence-corrected chi connectivity index (χ0v) is 24.5. The van der Waals surface area contributed by atoms with Gasteiger partial charge in [-0.3, -0.25) is 0 Å². The van der Waals surface area contributed by atoms with Crippen LogP contribution in [0.15, 0.2) is 96.7 Å². The topological polar surface area (TPSA) is 6.25 Å². The van der Waals surface area contributed by atoms with Gasteiger partial charge in [-0.1, -0.05) is 94.4 Å². The van der Waals surface area contributed by atoms with Crippen LogP contribution in [0.1, 0.15) is 59.6 Å². The van der Waals surface area contributed by atoms with Gasteiger partial charge in [0.1, 0.15) is 6.54 Å². The molecule has 4 aromatic carbocycles. The second-order valence-corrected chi connectivity index (χ2v) is 12.7. The van der Waals surface area contributed by atoms with E-state index < -0.39 is 0 Å². The van der Waals surface area contributed by atoms with Gasteiger partial charge in [-0.05, 0) is 66.6 Å². The summed E-state index contributed by atoms with van der Waals surface area (Å²) in [6.45, 7) is 18.4. The van der Waals surface area contributed by atoms with E-state index >= 15 is 0 Å². The van der Waals surface area contributed by atoms with Gasteiger partial charge in [0.05, 0.1) is 10.8 Å². The number of nitrogens with zero attached hydrogens (tertiary/aromatic N) is 2. The molecule has 39 heavy (non-hydrogen) atoms. The smallest absolute Gasteiger partial charge is 0.217 e. The minimum Gasteiger partial charge on any atom is -0.344 e. The molecule has 2 aliphatic heterocycles. The monoisotopic (exact) mass is 513 g/mol. The van der Waals surface area contributed by atoms with Gasteiger partial charge >= 0.3 is 0 Å². The molecular formula is C37H41N2+. The second-order valence-electron chi connectivity index (χ2n) is 12.7. The van der Waals surface area contributed by atoms with Crippen molar-refractivity contribution in [2.24, 2.45) is 5.92 Å². The van der Waals surface area contributed by atoms with Crippen molar-refractivity contribution < 1.29 is 4.58 Å². The SMILES string of the molecule is CC[N+]1=C(C=CC=C2N(CC(C)C)c3ccc4ccccc4c3C2(C)C)C(C)(C)c2ccc3ccccc3c21. The van der Waals surface area contributed by atoms with Gasteiger partial charge < -0.3 is 4.90 Å². The number of rotatable bonds is 5. The first-order valence-corrected chi connectivity index (χ1v) is 14.5. The number of hydrogen-bond acceptors (Lipinski definition) is 1. The average Bonchev–Trinajstić information content (AvgIpc) is 3.27. The lowest BCUT2D eigenvalue weighted by atomic mass is 9.80. The standard InChI is InChI=1S/C37H41N2/c1-8-38-32(36(4,5)30-22-20-27-15-10-12-17-29(27)35(30)38)18-13-19-33-37(6,7)34-28-16-11-9-14-26(28)21-23-31(34)39(33)24-25(2)3/h9-23,25H,8,24H2,1-7H3/q+1. The predicted octanol–water partition coefficient (Wildman–Crippen LogP) is 9.28. The van der Waals surface area contributed by atoms with Gasteiger partial charge in [0.25, 0.3) is 0 Å². The molecule has 4 aromatic rings. The summed E-state index contributed by atoms with van der Waals surface area (Å²) in [7, 11) is 0. The molecule has 2 aliphatic rings. The third kappa shape index (κ3) is 3.87. The maximum absolute atomic E-state index is 2.57. The molecule has 0 N–H and O–H groups in total. The summed E-state index contributed by atoms with van der Waals surface area (Å²) in [4.78, 5) is 2.57. The van der Waals surface area contributed by atoms with Crippen molar-refractivity contribution in [1.82, 2.24) is 0 Å². The van der Waals surface area contributed by atoms with E-state index in [1.807, 2.05) is 0 Å². The zero-order valence-electron chi connectivity index (χ0n) is 24.5. The average molecular weight is 514 g/mol. The van der Waals surface area contributed by atoms with Crippen LogP contribution in [0.4, 0.5) is 11.4 Å². The quantitative estimate of drug-likeness (QED) is 0.241. The van der Waals surface area contributed by atoms with Crippen LogP contribution in [0.25, 0.3) is 21.5 Å². The van der Waals surface area contributed by atoms with Gasteiger partial charge in [0, 0.05) is 35.0 Å². The normalized spacial score (nSPS) is 18.8. The fraction of sp³-hybridized carbons (Fsp3) is 0.324. The van der Waals surface area contributed by atoms with Crippen molar-refractivity contribution in [3.63, 3.8) is 0 Å². The molecule has 0 radical (unpaired) electrons. The Morgan fingerprint density at radius 1 is 0.795 bits per heavy atom. The van der Waals surface area contributed by atoms with E-state index in [0.717, 1.165) is 13.1 Å². The van der Waals surface area contributed by atoms with Crippen molar-refractivity contribution in [2.45, 2.75) is 59.3 Å². The van der Waals surface area contributed by atoms with E-state index in [0.29, 0.717) is 5.92 Å². The molecule has 2 heteroatoms. The minimum atomic E-state index is -0.0884. The molecule has 0 aliphatic carbocycles. The molecule has 0 saturated carbocycles. The van der Waals surface area contributed by atoms with Crippen LogP contribution in [-0.2, 0) is 10.8 Å². The third-order valence-corrected chi connectivity index (χ3v) is 8.90. The van der Waals surface area contributed by atoms with E-state index in [1.165, 1.54) is 55.5 Å². The maximum Gasteiger partial charge on any atom is 0.217 e. The first-order valence-electron chi connectivity index (χ1n) is 14.5. The molecule has 0 amide bonds. The number of allylic oxidation sites excluding steroid dienone is 4. The molecule has 198 valence electrons. The molecular weight excluding hydrogens is 472 g/mol. The summed E-state index contributed by atoms with van der Waals surface area (Å²) in [5.41, 5.74) is 8.18. The second kappa shape index (κ2) is 9.23. The minimum absolute atomic E-state index is 0.0631. The Morgan fingerprint density at radius 2 is 1.44 bits per heavy atom. The Kier molecular flexibility index (Phi) is 6.06. The van der Waals surface area contributed by atoms with Gasteiger partial charge in [-0.15, -0.1) is 0 Å². The Bertz CT molecular complexity index is 1690. The maximum atomic E-state index is 2.57. The summed E-state index contributed by atoms with van der Waals surface area (Å²) < 4.78 is 2.53. The molecule has 0 atom stereocenters. The fourth-order valence-electron chi connectivity index (χ4n) is 7.10. The number of fused-ring (bicyclic) bond motifs is 6. The van der Waals surface area contributed by atoms with Crippen LogP contribution >= 0.6 is 0 Å². The van der Waals surface area contributed by atoms with Gasteiger partial charge in [0.2, 0.25) is 5.69 Å². The third-order valence-electron chi connectivity index (χ3n) is 8.90. The highest BCUT2D eigenvalue weighted by Crippen LogP contribution is 2.51. The van der Waals surface area contributed by atoms with Crippen LogP contribution in [0, 0.1) is 5.92 Å². The van der Waals surface area contributed by atoms with Crippen molar-refractivity contribution in [1.29, 1.82) is 0 Å². The van der Waals surface area contributed by atoms with E-state index in [4.69, 9.17) is 0 Å². The van der Waals surface area contributed by atoms with E-state index in [1.54, 1.807) is 0 Å². The van der Waals surface area contributed by atoms with Gasteiger partial charge in [-0.2, -0.15) is 4.58 Å². The Morgan fingerprint density at radius 3 is 2.13 bits per heavy atom. The van der Waals surface area contributed by atoms with Gasteiger partial charge in [0.15, 0.2) is 5.71 Å². The summed E-state index contributed by atoms with van der Waals surface area (Å²) in [5, 5.41) is 5.33. The zero-order chi connectivity index (χ0) is 27.5. The van der Waals surface area contributed by atoms with E-state index in [-0.39, 0.29) is 10.8 Å². The largest absolute Gasteiger partial charge is 0.344 e. The lowest BCUT2D eigenvalue weighted by Gasteiger charge is -2.28. The summed E-state index contributed by atoms with van der Waals surface area (Å²) >= 11 is 0. The Hall–Kier alpha value is -3.65. The molecule has 0 bridgehead atoms. The van der Waals surface area contributed by atoms with Crippen molar-refractivity contribution >= 4 is 38.6 Å². The van der Waals surface area contributed by atoms with Gasteiger partial charge in [-0.25, -0.2) is 0 Å². The van der Waals surface area contributed by atoms with E-state index in [2.05, 4.69) is 149 Å². The molecule has 0 unspecified atom stereocenters. The highest BCUT2D eigenvalue weighted by molar-refractivity contribution is 6.07. The highest BCUT2D eigenvalue weighted by Gasteiger charge is 2.45. The molecule has 0 aromatic heterocycles. The summed E-state index contributed by atoms with van der Waals surface area (Å²) in [6, 6.07) is 26.9. The molecule has 0 spiro atoms. The summed E-state index contributed by atoms with van der Waals surface area (Å²) in [5.74, 6) is 0.562. The molecule has 0 fully saturated rings. The van der Waals surface area contributed by atoms with Crippen LogP contribution in [0.2, 0.25) is 0 Å². The molecule has 2 nitrogen and oxygen atoms in total. The van der Waals surface area contributed by atoms with Crippen molar-refractivity contribution in [3.05, 3.63) is 108 Å².